The third-order valence-corrected chi connectivity index (χ3v) is 3.76. The van der Waals surface area contributed by atoms with Gasteiger partial charge in [0.2, 0.25) is 0 Å². The second-order valence-electron chi connectivity index (χ2n) is 5.19. The van der Waals surface area contributed by atoms with E-state index < -0.39 is 0 Å². The standard InChI is InChI=1S/C17H28N2O2/c1-5-14(6-2)19-17(20)12-21-15-10-8-13(9-11-15)16(7-3)18-4/h8-11,14,16,18H,5-7,12H2,1-4H3,(H,19,20). The monoisotopic (exact) mass is 292 g/mol. The number of amides is 1. The molecule has 0 aliphatic rings. The molecule has 1 rings (SSSR count). The molecule has 4 nitrogen and oxygen atoms in total. The van der Waals surface area contributed by atoms with E-state index in [2.05, 4.69) is 31.4 Å². The van der Waals surface area contributed by atoms with Crippen LogP contribution < -0.4 is 15.4 Å². The number of carbonyl (C=O) groups is 1. The van der Waals surface area contributed by atoms with Crippen LogP contribution in [0.25, 0.3) is 0 Å². The predicted octanol–water partition coefficient (Wildman–Crippen LogP) is 3.04. The van der Waals surface area contributed by atoms with Gasteiger partial charge in [-0.15, -0.1) is 0 Å². The van der Waals surface area contributed by atoms with Gasteiger partial charge in [0.05, 0.1) is 0 Å². The molecule has 1 unspecified atom stereocenters. The van der Waals surface area contributed by atoms with E-state index in [1.165, 1.54) is 5.56 Å². The van der Waals surface area contributed by atoms with E-state index in [1.54, 1.807) is 0 Å². The van der Waals surface area contributed by atoms with Crippen molar-refractivity contribution in [1.82, 2.24) is 10.6 Å². The molecule has 0 fully saturated rings. The Bertz CT molecular complexity index is 409. The van der Waals surface area contributed by atoms with Gasteiger partial charge in [-0.1, -0.05) is 32.9 Å². The summed E-state index contributed by atoms with van der Waals surface area (Å²) in [5, 5.41) is 6.23. The summed E-state index contributed by atoms with van der Waals surface area (Å²) in [7, 11) is 1.96. The molecule has 0 spiro atoms. The van der Waals surface area contributed by atoms with Crippen LogP contribution in [0.3, 0.4) is 0 Å². The Hall–Kier alpha value is -1.55. The summed E-state index contributed by atoms with van der Waals surface area (Å²) in [5.41, 5.74) is 1.23. The highest BCUT2D eigenvalue weighted by molar-refractivity contribution is 5.77. The molecule has 0 bridgehead atoms. The second kappa shape index (κ2) is 9.40. The molecule has 1 amide bonds. The van der Waals surface area contributed by atoms with Crippen molar-refractivity contribution in [2.75, 3.05) is 13.7 Å². The molecule has 0 saturated carbocycles. The van der Waals surface area contributed by atoms with Gasteiger partial charge in [0.15, 0.2) is 6.61 Å². The lowest BCUT2D eigenvalue weighted by molar-refractivity contribution is -0.123. The summed E-state index contributed by atoms with van der Waals surface area (Å²) in [6.07, 6.45) is 2.92. The molecule has 118 valence electrons. The van der Waals surface area contributed by atoms with Gasteiger partial charge in [-0.05, 0) is 44.0 Å². The first-order valence-electron chi connectivity index (χ1n) is 7.83. The Morgan fingerprint density at radius 1 is 1.10 bits per heavy atom. The van der Waals surface area contributed by atoms with Crippen molar-refractivity contribution in [2.24, 2.45) is 0 Å². The number of nitrogens with one attached hydrogen (secondary N) is 2. The summed E-state index contributed by atoms with van der Waals surface area (Å²) in [4.78, 5) is 11.8. The SMILES string of the molecule is CCC(CC)NC(=O)COc1ccc(C(CC)NC)cc1. The molecule has 1 aromatic rings. The molecule has 4 heteroatoms. The lowest BCUT2D eigenvalue weighted by Gasteiger charge is -2.16. The topological polar surface area (TPSA) is 50.4 Å². The molecule has 0 heterocycles. The van der Waals surface area contributed by atoms with Gasteiger partial charge in [0.1, 0.15) is 5.75 Å². The number of hydrogen-bond acceptors (Lipinski definition) is 3. The van der Waals surface area contributed by atoms with E-state index in [9.17, 15) is 4.79 Å². The van der Waals surface area contributed by atoms with E-state index in [1.807, 2.05) is 31.3 Å². The number of rotatable bonds is 9. The van der Waals surface area contributed by atoms with Gasteiger partial charge in [0.25, 0.3) is 5.91 Å². The fraction of sp³-hybridized carbons (Fsp3) is 0.588. The van der Waals surface area contributed by atoms with E-state index >= 15 is 0 Å². The van der Waals surface area contributed by atoms with Crippen molar-refractivity contribution >= 4 is 5.91 Å². The van der Waals surface area contributed by atoms with Crippen molar-refractivity contribution in [3.8, 4) is 5.75 Å². The van der Waals surface area contributed by atoms with Crippen LogP contribution in [0, 0.1) is 0 Å². The smallest absolute Gasteiger partial charge is 0.258 e. The van der Waals surface area contributed by atoms with Crippen LogP contribution in [0.4, 0.5) is 0 Å². The molecule has 0 aliphatic heterocycles. The minimum atomic E-state index is -0.0607. The average Bonchev–Trinajstić information content (AvgIpc) is 2.53. The van der Waals surface area contributed by atoms with Crippen LogP contribution in [0.1, 0.15) is 51.6 Å². The lowest BCUT2D eigenvalue weighted by atomic mass is 10.1. The summed E-state index contributed by atoms with van der Waals surface area (Å²) in [6, 6.07) is 8.51. The molecule has 21 heavy (non-hydrogen) atoms. The Kier molecular flexibility index (Phi) is 7.83. The molecule has 2 N–H and O–H groups in total. The van der Waals surface area contributed by atoms with E-state index in [0.29, 0.717) is 6.04 Å². The fourth-order valence-electron chi connectivity index (χ4n) is 2.31. The van der Waals surface area contributed by atoms with Gasteiger partial charge in [-0.25, -0.2) is 0 Å². The maximum absolute atomic E-state index is 11.8. The number of hydrogen-bond donors (Lipinski definition) is 2. The Balaban J connectivity index is 2.47. The number of benzene rings is 1. The zero-order chi connectivity index (χ0) is 15.7. The molecule has 1 atom stereocenters. The van der Waals surface area contributed by atoms with Crippen molar-refractivity contribution < 1.29 is 9.53 Å². The van der Waals surface area contributed by atoms with Gasteiger partial charge in [0, 0.05) is 12.1 Å². The lowest BCUT2D eigenvalue weighted by Crippen LogP contribution is -2.37. The molecule has 0 aromatic heterocycles. The Morgan fingerprint density at radius 2 is 1.71 bits per heavy atom. The van der Waals surface area contributed by atoms with E-state index in [-0.39, 0.29) is 18.6 Å². The first-order chi connectivity index (χ1) is 10.1. The van der Waals surface area contributed by atoms with Crippen LogP contribution in [0.15, 0.2) is 24.3 Å². The fourth-order valence-corrected chi connectivity index (χ4v) is 2.31. The van der Waals surface area contributed by atoms with Crippen LogP contribution >= 0.6 is 0 Å². The number of carbonyl (C=O) groups excluding carboxylic acids is 1. The van der Waals surface area contributed by atoms with Gasteiger partial charge in [-0.3, -0.25) is 4.79 Å². The molecule has 0 radical (unpaired) electrons. The van der Waals surface area contributed by atoms with Crippen molar-refractivity contribution in [1.29, 1.82) is 0 Å². The van der Waals surface area contributed by atoms with E-state index in [4.69, 9.17) is 4.74 Å². The minimum Gasteiger partial charge on any atom is -0.484 e. The van der Waals surface area contributed by atoms with Crippen molar-refractivity contribution in [3.63, 3.8) is 0 Å². The summed E-state index contributed by atoms with van der Waals surface area (Å²) in [6.45, 7) is 6.35. The third-order valence-electron chi connectivity index (χ3n) is 3.76. The quantitative estimate of drug-likeness (QED) is 0.735. The van der Waals surface area contributed by atoms with Crippen LogP contribution in [0.2, 0.25) is 0 Å². The maximum atomic E-state index is 11.8. The van der Waals surface area contributed by atoms with Crippen LogP contribution in [-0.2, 0) is 4.79 Å². The highest BCUT2D eigenvalue weighted by Crippen LogP contribution is 2.19. The molecular formula is C17H28N2O2. The highest BCUT2D eigenvalue weighted by Gasteiger charge is 2.09. The highest BCUT2D eigenvalue weighted by atomic mass is 16.5. The first-order valence-corrected chi connectivity index (χ1v) is 7.83. The predicted molar refractivity (Wildman–Crippen MR) is 86.5 cm³/mol. The van der Waals surface area contributed by atoms with Gasteiger partial charge in [-0.2, -0.15) is 0 Å². The zero-order valence-corrected chi connectivity index (χ0v) is 13.6. The maximum Gasteiger partial charge on any atom is 0.258 e. The van der Waals surface area contributed by atoms with Crippen molar-refractivity contribution in [3.05, 3.63) is 29.8 Å². The summed E-state index contributed by atoms with van der Waals surface area (Å²) in [5.74, 6) is 0.666. The molecule has 0 saturated heterocycles. The zero-order valence-electron chi connectivity index (χ0n) is 13.6. The van der Waals surface area contributed by atoms with Crippen LogP contribution in [-0.4, -0.2) is 25.6 Å². The van der Waals surface area contributed by atoms with Crippen LogP contribution in [0.5, 0.6) is 5.75 Å². The largest absolute Gasteiger partial charge is 0.484 e. The van der Waals surface area contributed by atoms with Crippen molar-refractivity contribution in [2.45, 2.75) is 52.1 Å². The Labute approximate surface area is 128 Å². The number of ether oxygens (including phenoxy) is 1. The van der Waals surface area contributed by atoms with Gasteiger partial charge < -0.3 is 15.4 Å². The average molecular weight is 292 g/mol. The van der Waals surface area contributed by atoms with E-state index in [0.717, 1.165) is 25.0 Å². The Morgan fingerprint density at radius 3 is 2.19 bits per heavy atom. The minimum absolute atomic E-state index is 0.0607. The first kappa shape index (κ1) is 17.5. The molecule has 1 aromatic carbocycles. The summed E-state index contributed by atoms with van der Waals surface area (Å²) < 4.78 is 5.53. The third kappa shape index (κ3) is 5.76. The normalized spacial score (nSPS) is 12.2. The summed E-state index contributed by atoms with van der Waals surface area (Å²) >= 11 is 0. The molecule has 0 aliphatic carbocycles. The molecular weight excluding hydrogens is 264 g/mol. The van der Waals surface area contributed by atoms with Gasteiger partial charge >= 0.3 is 0 Å². The second-order valence-corrected chi connectivity index (χ2v) is 5.19.